The lowest BCUT2D eigenvalue weighted by Gasteiger charge is -2.11. The fourth-order valence-electron chi connectivity index (χ4n) is 1.43. The van der Waals surface area contributed by atoms with Gasteiger partial charge in [0.2, 0.25) is 10.0 Å². The van der Waals surface area contributed by atoms with Crippen LogP contribution >= 0.6 is 0 Å². The number of carboxylic acid groups (broad SMARTS) is 1. The van der Waals surface area contributed by atoms with Crippen molar-refractivity contribution < 1.29 is 32.6 Å². The molecule has 0 aromatic heterocycles. The van der Waals surface area contributed by atoms with Crippen molar-refractivity contribution in [3.63, 3.8) is 0 Å². The first-order valence-corrected chi connectivity index (χ1v) is 7.09. The minimum absolute atomic E-state index is 0.0108. The summed E-state index contributed by atoms with van der Waals surface area (Å²) in [5.74, 6) is -1.28. The van der Waals surface area contributed by atoms with Crippen molar-refractivity contribution in [1.82, 2.24) is 4.72 Å². The Kier molecular flexibility index (Phi) is 5.50. The third kappa shape index (κ3) is 4.61. The lowest BCUT2D eigenvalue weighted by Crippen LogP contribution is -2.29. The highest BCUT2D eigenvalue weighted by Crippen LogP contribution is 2.24. The number of ether oxygens (including phenoxy) is 2. The summed E-state index contributed by atoms with van der Waals surface area (Å²) in [6.07, 6.45) is -1.03. The van der Waals surface area contributed by atoms with Crippen molar-refractivity contribution in [1.29, 1.82) is 0 Å². The van der Waals surface area contributed by atoms with Crippen LogP contribution in [0.1, 0.15) is 10.4 Å². The summed E-state index contributed by atoms with van der Waals surface area (Å²) in [4.78, 5) is 20.9. The van der Waals surface area contributed by atoms with Gasteiger partial charge in [-0.2, -0.15) is 0 Å². The molecule has 116 valence electrons. The molecule has 1 aromatic carbocycles. The van der Waals surface area contributed by atoms with E-state index in [2.05, 4.69) is 9.46 Å². The molecule has 1 rings (SSSR count). The number of amides is 1. The molecule has 1 amide bonds. The highest BCUT2D eigenvalue weighted by molar-refractivity contribution is 7.89. The van der Waals surface area contributed by atoms with Crippen LogP contribution in [0, 0.1) is 0 Å². The van der Waals surface area contributed by atoms with Crippen molar-refractivity contribution in [2.24, 2.45) is 5.73 Å². The maximum Gasteiger partial charge on any atom is 0.404 e. The highest BCUT2D eigenvalue weighted by atomic mass is 32.2. The summed E-state index contributed by atoms with van der Waals surface area (Å²) in [5, 5.41) is 8.89. The Morgan fingerprint density at radius 1 is 1.38 bits per heavy atom. The average Bonchev–Trinajstić information content (AvgIpc) is 2.42. The molecular formula is C11H14N2O7S. The Labute approximate surface area is 120 Å². The Morgan fingerprint density at radius 2 is 2.05 bits per heavy atom. The molecule has 21 heavy (non-hydrogen) atoms. The maximum absolute atomic E-state index is 12.1. The van der Waals surface area contributed by atoms with Crippen LogP contribution in [0.25, 0.3) is 0 Å². The smallest absolute Gasteiger partial charge is 0.404 e. The summed E-state index contributed by atoms with van der Waals surface area (Å²) in [5.41, 5.74) is 4.52. The zero-order valence-corrected chi connectivity index (χ0v) is 11.8. The normalized spacial score (nSPS) is 10.9. The number of carbonyl (C=O) groups is 2. The van der Waals surface area contributed by atoms with E-state index in [-0.39, 0.29) is 29.4 Å². The van der Waals surface area contributed by atoms with E-state index in [1.807, 2.05) is 0 Å². The number of sulfonamides is 1. The van der Waals surface area contributed by atoms with Crippen LogP contribution in [-0.2, 0) is 14.8 Å². The van der Waals surface area contributed by atoms with Crippen LogP contribution in [0.2, 0.25) is 0 Å². The van der Waals surface area contributed by atoms with Crippen molar-refractivity contribution in [2.75, 3.05) is 20.3 Å². The molecule has 0 saturated heterocycles. The second-order valence-electron chi connectivity index (χ2n) is 3.74. The molecule has 0 fully saturated rings. The van der Waals surface area contributed by atoms with Gasteiger partial charge in [-0.05, 0) is 18.2 Å². The summed E-state index contributed by atoms with van der Waals surface area (Å²) < 4.78 is 35.6. The number of benzene rings is 1. The molecule has 0 aliphatic rings. The monoisotopic (exact) mass is 318 g/mol. The van der Waals surface area contributed by atoms with Crippen molar-refractivity contribution in [3.05, 3.63) is 23.8 Å². The number of primary amides is 1. The molecule has 0 saturated carbocycles. The minimum atomic E-state index is -4.03. The van der Waals surface area contributed by atoms with Gasteiger partial charge in [-0.3, -0.25) is 0 Å². The molecule has 0 bridgehead atoms. The average molecular weight is 318 g/mol. The van der Waals surface area contributed by atoms with Crippen molar-refractivity contribution in [3.8, 4) is 5.75 Å². The molecule has 0 radical (unpaired) electrons. The van der Waals surface area contributed by atoms with E-state index in [9.17, 15) is 18.0 Å². The Balaban J connectivity index is 2.97. The van der Waals surface area contributed by atoms with Gasteiger partial charge >= 0.3 is 12.1 Å². The third-order valence-electron chi connectivity index (χ3n) is 2.34. The largest absolute Gasteiger partial charge is 0.495 e. The van der Waals surface area contributed by atoms with Gasteiger partial charge in [-0.25, -0.2) is 22.7 Å². The van der Waals surface area contributed by atoms with Crippen LogP contribution in [0.15, 0.2) is 23.1 Å². The Bertz CT molecular complexity index is 642. The topological polar surface area (TPSA) is 145 Å². The van der Waals surface area contributed by atoms with Crippen LogP contribution in [0.4, 0.5) is 4.79 Å². The van der Waals surface area contributed by atoms with E-state index in [1.54, 1.807) is 0 Å². The van der Waals surface area contributed by atoms with Crippen molar-refractivity contribution in [2.45, 2.75) is 4.90 Å². The number of rotatable bonds is 7. The molecule has 9 nitrogen and oxygen atoms in total. The van der Waals surface area contributed by atoms with Gasteiger partial charge in [0.25, 0.3) is 0 Å². The lowest BCUT2D eigenvalue weighted by molar-refractivity contribution is 0.0696. The van der Waals surface area contributed by atoms with Gasteiger partial charge in [-0.1, -0.05) is 0 Å². The quantitative estimate of drug-likeness (QED) is 0.588. The molecule has 0 aliphatic heterocycles. The maximum atomic E-state index is 12.1. The molecule has 0 atom stereocenters. The first-order valence-electron chi connectivity index (χ1n) is 5.61. The zero-order chi connectivity index (χ0) is 16.0. The van der Waals surface area contributed by atoms with Crippen LogP contribution in [-0.4, -0.2) is 45.8 Å². The van der Waals surface area contributed by atoms with Gasteiger partial charge in [-0.15, -0.1) is 0 Å². The third-order valence-corrected chi connectivity index (χ3v) is 3.82. The molecule has 0 heterocycles. The molecule has 0 aliphatic carbocycles. The minimum Gasteiger partial charge on any atom is -0.495 e. The summed E-state index contributed by atoms with van der Waals surface area (Å²) in [6.45, 7) is -0.471. The lowest BCUT2D eigenvalue weighted by atomic mass is 10.2. The van der Waals surface area contributed by atoms with Crippen LogP contribution in [0.5, 0.6) is 5.75 Å². The van der Waals surface area contributed by atoms with Gasteiger partial charge < -0.3 is 20.3 Å². The molecule has 1 aromatic rings. The fourth-order valence-corrected chi connectivity index (χ4v) is 2.63. The van der Waals surface area contributed by atoms with Crippen LogP contribution in [0.3, 0.4) is 0 Å². The Hall–Kier alpha value is -2.33. The van der Waals surface area contributed by atoms with E-state index < -0.39 is 22.1 Å². The Morgan fingerprint density at radius 3 is 2.57 bits per heavy atom. The standard InChI is InChI=1S/C11H14N2O7S/c1-19-8-3-2-7(10(14)15)6-9(8)21(17,18)13-4-5-20-11(12)16/h2-3,6,13H,4-5H2,1H3,(H2,12,16)(H,14,15). The van der Waals surface area contributed by atoms with Gasteiger partial charge in [0.05, 0.1) is 12.7 Å². The van der Waals surface area contributed by atoms with E-state index in [4.69, 9.17) is 15.6 Å². The molecule has 10 heteroatoms. The number of aromatic carboxylic acids is 1. The van der Waals surface area contributed by atoms with E-state index >= 15 is 0 Å². The summed E-state index contributed by atoms with van der Waals surface area (Å²) >= 11 is 0. The predicted octanol–water partition coefficient (Wildman–Crippen LogP) is -0.233. The number of carbonyl (C=O) groups excluding carboxylic acids is 1. The molecule has 0 unspecified atom stereocenters. The number of carboxylic acids is 1. The number of methoxy groups -OCH3 is 1. The number of nitrogens with two attached hydrogens (primary N) is 1. The summed E-state index contributed by atoms with van der Waals surface area (Å²) in [6, 6.07) is 3.42. The van der Waals surface area contributed by atoms with E-state index in [0.29, 0.717) is 0 Å². The first kappa shape index (κ1) is 16.7. The molecule has 4 N–H and O–H groups in total. The molecular weight excluding hydrogens is 304 g/mol. The predicted molar refractivity (Wildman–Crippen MR) is 70.7 cm³/mol. The van der Waals surface area contributed by atoms with E-state index in [1.165, 1.54) is 19.2 Å². The van der Waals surface area contributed by atoms with Gasteiger partial charge in [0.15, 0.2) is 0 Å². The fraction of sp³-hybridized carbons (Fsp3) is 0.273. The number of hydrogen-bond donors (Lipinski definition) is 3. The highest BCUT2D eigenvalue weighted by Gasteiger charge is 2.21. The SMILES string of the molecule is COc1ccc(C(=O)O)cc1S(=O)(=O)NCCOC(N)=O. The second-order valence-corrected chi connectivity index (χ2v) is 5.47. The first-order chi connectivity index (χ1) is 9.77. The number of nitrogens with one attached hydrogen (secondary N) is 1. The second kappa shape index (κ2) is 6.90. The van der Waals surface area contributed by atoms with Crippen LogP contribution < -0.4 is 15.2 Å². The van der Waals surface area contributed by atoms with Gasteiger partial charge in [0, 0.05) is 6.54 Å². The zero-order valence-electron chi connectivity index (χ0n) is 11.0. The van der Waals surface area contributed by atoms with E-state index in [0.717, 1.165) is 6.07 Å². The number of hydrogen-bond acceptors (Lipinski definition) is 6. The van der Waals surface area contributed by atoms with Crippen molar-refractivity contribution >= 4 is 22.1 Å². The summed E-state index contributed by atoms with van der Waals surface area (Å²) in [7, 11) is -2.77. The molecule has 0 spiro atoms. The van der Waals surface area contributed by atoms with Gasteiger partial charge in [0.1, 0.15) is 17.3 Å².